The van der Waals surface area contributed by atoms with Crippen LogP contribution in [0.25, 0.3) is 10.8 Å². The van der Waals surface area contributed by atoms with E-state index in [0.717, 1.165) is 42.0 Å². The molecule has 0 aromatic heterocycles. The van der Waals surface area contributed by atoms with Crippen LogP contribution >= 0.6 is 0 Å². The van der Waals surface area contributed by atoms with E-state index in [-0.39, 0.29) is 11.8 Å². The molecule has 2 amide bonds. The van der Waals surface area contributed by atoms with Crippen LogP contribution in [-0.4, -0.2) is 28.4 Å². The Morgan fingerprint density at radius 2 is 1.73 bits per heavy atom. The molecule has 6 heteroatoms. The van der Waals surface area contributed by atoms with E-state index < -0.39 is 35.3 Å². The van der Waals surface area contributed by atoms with Gasteiger partial charge in [0.1, 0.15) is 5.54 Å². The number of carbonyl (C=O) groups is 3. The molecular weight excluding hydrogens is 380 g/mol. The smallest absolute Gasteiger partial charge is 0.324 e. The highest BCUT2D eigenvalue weighted by molar-refractivity contribution is 6.09. The molecule has 1 aliphatic carbocycles. The van der Waals surface area contributed by atoms with Crippen LogP contribution in [0.2, 0.25) is 0 Å². The lowest BCUT2D eigenvalue weighted by Crippen LogP contribution is -2.56. The number of carboxylic acids is 1. The maximum Gasteiger partial charge on any atom is 0.324 e. The number of amides is 2. The lowest BCUT2D eigenvalue weighted by atomic mass is 9.72. The third-order valence-corrected chi connectivity index (χ3v) is 7.37. The fourth-order valence-electron chi connectivity index (χ4n) is 6.04. The van der Waals surface area contributed by atoms with Gasteiger partial charge in [-0.3, -0.25) is 25.0 Å². The van der Waals surface area contributed by atoms with Crippen molar-refractivity contribution in [2.24, 2.45) is 17.8 Å². The fourth-order valence-corrected chi connectivity index (χ4v) is 6.04. The molecule has 4 atom stereocenters. The molecule has 2 aromatic carbocycles. The van der Waals surface area contributed by atoms with Gasteiger partial charge < -0.3 is 5.11 Å². The van der Waals surface area contributed by atoms with E-state index in [1.807, 2.05) is 42.5 Å². The van der Waals surface area contributed by atoms with Gasteiger partial charge in [-0.2, -0.15) is 0 Å². The monoisotopic (exact) mass is 406 g/mol. The Bertz CT molecular complexity index is 1020. The SMILES string of the molecule is O=C1NC(=O)C2C1C(c1cccc3ccccc13)NC2(CC1CCCCC1)C(=O)O. The van der Waals surface area contributed by atoms with E-state index in [1.54, 1.807) is 0 Å². The number of carboxylic acid groups (broad SMARTS) is 1. The fraction of sp³-hybridized carbons (Fsp3) is 0.458. The zero-order chi connectivity index (χ0) is 20.9. The molecule has 2 saturated heterocycles. The highest BCUT2D eigenvalue weighted by atomic mass is 16.4. The Labute approximate surface area is 175 Å². The maximum atomic E-state index is 12.8. The van der Waals surface area contributed by atoms with Gasteiger partial charge >= 0.3 is 5.97 Å². The molecule has 3 N–H and O–H groups in total. The van der Waals surface area contributed by atoms with Crippen molar-refractivity contribution < 1.29 is 19.5 Å². The second-order valence-electron chi connectivity index (χ2n) is 9.03. The van der Waals surface area contributed by atoms with Gasteiger partial charge in [0.05, 0.1) is 11.8 Å². The predicted molar refractivity (Wildman–Crippen MR) is 112 cm³/mol. The quantitative estimate of drug-likeness (QED) is 0.678. The average Bonchev–Trinajstić information content (AvgIpc) is 3.25. The van der Waals surface area contributed by atoms with Crippen LogP contribution in [0.5, 0.6) is 0 Å². The summed E-state index contributed by atoms with van der Waals surface area (Å²) in [5.41, 5.74) is -0.551. The van der Waals surface area contributed by atoms with Gasteiger partial charge in [-0.1, -0.05) is 74.6 Å². The second kappa shape index (κ2) is 7.20. The van der Waals surface area contributed by atoms with E-state index >= 15 is 0 Å². The number of imide groups is 1. The summed E-state index contributed by atoms with van der Waals surface area (Å²) in [6.07, 6.45) is 5.68. The zero-order valence-electron chi connectivity index (χ0n) is 16.8. The molecule has 2 aromatic rings. The highest BCUT2D eigenvalue weighted by Crippen LogP contribution is 2.50. The number of hydrogen-bond donors (Lipinski definition) is 3. The zero-order valence-corrected chi connectivity index (χ0v) is 16.8. The summed E-state index contributed by atoms with van der Waals surface area (Å²) < 4.78 is 0. The van der Waals surface area contributed by atoms with Crippen molar-refractivity contribution in [3.05, 3.63) is 48.0 Å². The summed E-state index contributed by atoms with van der Waals surface area (Å²) >= 11 is 0. The van der Waals surface area contributed by atoms with Crippen LogP contribution in [0.3, 0.4) is 0 Å². The first-order valence-corrected chi connectivity index (χ1v) is 10.8. The van der Waals surface area contributed by atoms with Crippen molar-refractivity contribution in [1.82, 2.24) is 10.6 Å². The summed E-state index contributed by atoms with van der Waals surface area (Å²) in [5.74, 6) is -3.23. The number of fused-ring (bicyclic) bond motifs is 2. The van der Waals surface area contributed by atoms with Gasteiger partial charge in [0.15, 0.2) is 0 Å². The van der Waals surface area contributed by atoms with Gasteiger partial charge in [-0.05, 0) is 28.7 Å². The first-order chi connectivity index (χ1) is 14.5. The molecule has 30 heavy (non-hydrogen) atoms. The molecule has 0 radical (unpaired) electrons. The summed E-state index contributed by atoms with van der Waals surface area (Å²) in [5, 5.41) is 18.1. The maximum absolute atomic E-state index is 12.8. The van der Waals surface area contributed by atoms with Crippen molar-refractivity contribution in [1.29, 1.82) is 0 Å². The van der Waals surface area contributed by atoms with E-state index in [1.165, 1.54) is 6.42 Å². The Morgan fingerprint density at radius 1 is 1.00 bits per heavy atom. The molecule has 1 saturated carbocycles. The van der Waals surface area contributed by atoms with Gasteiger partial charge in [0, 0.05) is 6.04 Å². The van der Waals surface area contributed by atoms with Gasteiger partial charge in [0.2, 0.25) is 11.8 Å². The van der Waals surface area contributed by atoms with Crippen molar-refractivity contribution in [2.75, 3.05) is 0 Å². The molecular formula is C24H26N2O4. The molecule has 6 nitrogen and oxygen atoms in total. The van der Waals surface area contributed by atoms with E-state index in [9.17, 15) is 19.5 Å². The summed E-state index contributed by atoms with van der Waals surface area (Å²) in [4.78, 5) is 38.3. The Balaban J connectivity index is 1.62. The Kier molecular flexibility index (Phi) is 4.62. The minimum absolute atomic E-state index is 0.248. The molecule has 3 fully saturated rings. The normalized spacial score (nSPS) is 31.7. The van der Waals surface area contributed by atoms with Crippen LogP contribution in [0.1, 0.15) is 50.1 Å². The molecule has 0 spiro atoms. The topological polar surface area (TPSA) is 95.5 Å². The van der Waals surface area contributed by atoms with E-state index in [0.29, 0.717) is 6.42 Å². The largest absolute Gasteiger partial charge is 0.480 e. The van der Waals surface area contributed by atoms with Crippen molar-refractivity contribution in [3.63, 3.8) is 0 Å². The summed E-state index contributed by atoms with van der Waals surface area (Å²) in [6, 6.07) is 13.2. The number of nitrogens with one attached hydrogen (secondary N) is 2. The van der Waals surface area contributed by atoms with Crippen molar-refractivity contribution >= 4 is 28.6 Å². The molecule has 5 rings (SSSR count). The lowest BCUT2D eigenvalue weighted by Gasteiger charge is -2.35. The number of hydrogen-bond acceptors (Lipinski definition) is 4. The van der Waals surface area contributed by atoms with Gasteiger partial charge in [-0.15, -0.1) is 0 Å². The predicted octanol–water partition coefficient (Wildman–Crippen LogP) is 3.17. The first-order valence-electron chi connectivity index (χ1n) is 10.8. The minimum atomic E-state index is -1.43. The Morgan fingerprint density at radius 3 is 2.50 bits per heavy atom. The third-order valence-electron chi connectivity index (χ3n) is 7.37. The van der Waals surface area contributed by atoms with Crippen LogP contribution < -0.4 is 10.6 Å². The van der Waals surface area contributed by atoms with Crippen LogP contribution in [0, 0.1) is 17.8 Å². The van der Waals surface area contributed by atoms with Crippen molar-refractivity contribution in [2.45, 2.75) is 50.1 Å². The molecule has 2 heterocycles. The van der Waals surface area contributed by atoms with E-state index in [2.05, 4.69) is 10.6 Å². The summed E-state index contributed by atoms with van der Waals surface area (Å²) in [7, 11) is 0. The first kappa shape index (κ1) is 19.2. The minimum Gasteiger partial charge on any atom is -0.480 e. The van der Waals surface area contributed by atoms with Gasteiger partial charge in [-0.25, -0.2) is 0 Å². The van der Waals surface area contributed by atoms with Crippen LogP contribution in [-0.2, 0) is 14.4 Å². The summed E-state index contributed by atoms with van der Waals surface area (Å²) in [6.45, 7) is 0. The molecule has 4 unspecified atom stereocenters. The van der Waals surface area contributed by atoms with Crippen molar-refractivity contribution in [3.8, 4) is 0 Å². The third kappa shape index (κ3) is 2.85. The van der Waals surface area contributed by atoms with Gasteiger partial charge in [0.25, 0.3) is 0 Å². The van der Waals surface area contributed by atoms with Crippen LogP contribution in [0.15, 0.2) is 42.5 Å². The standard InChI is InChI=1S/C24H26N2O4/c27-21-18-19(22(28)25-21)24(23(29)30,13-14-7-2-1-3-8-14)26-20(18)17-12-6-10-15-9-4-5-11-16(15)17/h4-6,9-12,14,18-20,26H,1-3,7-8,13H2,(H,29,30)(H,25,27,28). The number of aliphatic carboxylic acids is 1. The number of carbonyl (C=O) groups excluding carboxylic acids is 2. The molecule has 3 aliphatic rings. The lowest BCUT2D eigenvalue weighted by molar-refractivity contribution is -0.150. The average molecular weight is 406 g/mol. The second-order valence-corrected chi connectivity index (χ2v) is 9.03. The van der Waals surface area contributed by atoms with Crippen LogP contribution in [0.4, 0.5) is 0 Å². The Hall–Kier alpha value is -2.73. The molecule has 156 valence electrons. The molecule has 2 aliphatic heterocycles. The molecule has 0 bridgehead atoms. The highest BCUT2D eigenvalue weighted by Gasteiger charge is 2.66. The van der Waals surface area contributed by atoms with E-state index in [4.69, 9.17) is 0 Å². The number of benzene rings is 2. The number of rotatable bonds is 4.